The SMILES string of the molecule is CC(C)(O)CCS(=O)(=O)Cc1c(F)cccc1Cl. The van der Waals surface area contributed by atoms with E-state index < -0.39 is 27.0 Å². The lowest BCUT2D eigenvalue weighted by atomic mass is 10.1. The molecule has 0 fully saturated rings. The molecule has 0 heterocycles. The molecule has 0 radical (unpaired) electrons. The molecule has 0 aliphatic heterocycles. The lowest BCUT2D eigenvalue weighted by molar-refractivity contribution is 0.0772. The van der Waals surface area contributed by atoms with Gasteiger partial charge in [0, 0.05) is 10.6 Å². The molecule has 1 aromatic carbocycles. The first-order valence-corrected chi connectivity index (χ1v) is 7.66. The van der Waals surface area contributed by atoms with Gasteiger partial charge in [-0.05, 0) is 32.4 Å². The molecular weight excluding hydrogens is 279 g/mol. The Balaban J connectivity index is 2.84. The first kappa shape index (κ1) is 15.4. The van der Waals surface area contributed by atoms with Crippen molar-refractivity contribution in [1.29, 1.82) is 0 Å². The summed E-state index contributed by atoms with van der Waals surface area (Å²) < 4.78 is 37.1. The van der Waals surface area contributed by atoms with Gasteiger partial charge in [-0.1, -0.05) is 17.7 Å². The molecule has 0 aliphatic rings. The summed E-state index contributed by atoms with van der Waals surface area (Å²) in [5, 5.41) is 9.59. The van der Waals surface area contributed by atoms with Crippen molar-refractivity contribution in [3.05, 3.63) is 34.6 Å². The molecule has 0 saturated carbocycles. The molecule has 0 atom stereocenters. The maximum absolute atomic E-state index is 13.5. The first-order chi connectivity index (χ1) is 8.11. The van der Waals surface area contributed by atoms with Crippen molar-refractivity contribution in [2.45, 2.75) is 31.6 Å². The summed E-state index contributed by atoms with van der Waals surface area (Å²) >= 11 is 5.77. The molecule has 1 aromatic rings. The van der Waals surface area contributed by atoms with Gasteiger partial charge in [0.2, 0.25) is 0 Å². The van der Waals surface area contributed by atoms with Gasteiger partial charge in [0.1, 0.15) is 5.82 Å². The third kappa shape index (κ3) is 4.92. The predicted octanol–water partition coefficient (Wildman–Crippen LogP) is 2.55. The average molecular weight is 295 g/mol. The third-order valence-corrected chi connectivity index (χ3v) is 4.36. The zero-order chi connectivity index (χ0) is 14.0. The number of hydrogen-bond acceptors (Lipinski definition) is 3. The number of aliphatic hydroxyl groups is 1. The Morgan fingerprint density at radius 2 is 2.00 bits per heavy atom. The summed E-state index contributed by atoms with van der Waals surface area (Å²) in [6.45, 7) is 3.05. The number of halogens is 2. The van der Waals surface area contributed by atoms with Gasteiger partial charge in [0.05, 0.1) is 17.1 Å². The molecule has 0 amide bonds. The van der Waals surface area contributed by atoms with E-state index in [0.29, 0.717) is 0 Å². The van der Waals surface area contributed by atoms with Crippen LogP contribution in [0.15, 0.2) is 18.2 Å². The molecule has 0 saturated heterocycles. The highest BCUT2D eigenvalue weighted by molar-refractivity contribution is 7.90. The van der Waals surface area contributed by atoms with Crippen molar-refractivity contribution in [3.63, 3.8) is 0 Å². The number of sulfone groups is 1. The molecule has 1 N–H and O–H groups in total. The number of hydrogen-bond donors (Lipinski definition) is 1. The number of benzene rings is 1. The topological polar surface area (TPSA) is 54.4 Å². The maximum Gasteiger partial charge on any atom is 0.154 e. The normalized spacial score (nSPS) is 12.7. The lowest BCUT2D eigenvalue weighted by Crippen LogP contribution is -2.24. The van der Waals surface area contributed by atoms with E-state index >= 15 is 0 Å². The zero-order valence-electron chi connectivity index (χ0n) is 10.3. The fourth-order valence-corrected chi connectivity index (χ4v) is 3.36. The average Bonchev–Trinajstić information content (AvgIpc) is 2.20. The minimum absolute atomic E-state index is 0.0186. The summed E-state index contributed by atoms with van der Waals surface area (Å²) in [7, 11) is -3.50. The van der Waals surface area contributed by atoms with Gasteiger partial charge in [-0.2, -0.15) is 0 Å². The highest BCUT2D eigenvalue weighted by Crippen LogP contribution is 2.22. The summed E-state index contributed by atoms with van der Waals surface area (Å²) in [4.78, 5) is 0. The van der Waals surface area contributed by atoms with E-state index in [1.165, 1.54) is 32.0 Å². The highest BCUT2D eigenvalue weighted by Gasteiger charge is 2.21. The van der Waals surface area contributed by atoms with E-state index in [1.54, 1.807) is 0 Å². The van der Waals surface area contributed by atoms with Crippen LogP contribution < -0.4 is 0 Å². The van der Waals surface area contributed by atoms with Crippen molar-refractivity contribution in [2.24, 2.45) is 0 Å². The fraction of sp³-hybridized carbons (Fsp3) is 0.500. The van der Waals surface area contributed by atoms with E-state index in [0.717, 1.165) is 0 Å². The molecule has 0 aliphatic carbocycles. The smallest absolute Gasteiger partial charge is 0.154 e. The van der Waals surface area contributed by atoms with Gasteiger partial charge < -0.3 is 5.11 Å². The third-order valence-electron chi connectivity index (χ3n) is 2.45. The van der Waals surface area contributed by atoms with Crippen molar-refractivity contribution < 1.29 is 17.9 Å². The van der Waals surface area contributed by atoms with Crippen LogP contribution >= 0.6 is 11.6 Å². The molecule has 0 aromatic heterocycles. The second-order valence-corrected chi connectivity index (χ2v) is 7.45. The van der Waals surface area contributed by atoms with Gasteiger partial charge >= 0.3 is 0 Å². The highest BCUT2D eigenvalue weighted by atomic mass is 35.5. The fourth-order valence-electron chi connectivity index (χ4n) is 1.37. The van der Waals surface area contributed by atoms with Crippen LogP contribution in [0.1, 0.15) is 25.8 Å². The van der Waals surface area contributed by atoms with Crippen LogP contribution in [0.5, 0.6) is 0 Å². The molecule has 0 unspecified atom stereocenters. The monoisotopic (exact) mass is 294 g/mol. The van der Waals surface area contributed by atoms with Crippen molar-refractivity contribution in [1.82, 2.24) is 0 Å². The number of rotatable bonds is 5. The minimum Gasteiger partial charge on any atom is -0.390 e. The van der Waals surface area contributed by atoms with Crippen LogP contribution in [0, 0.1) is 5.82 Å². The second-order valence-electron chi connectivity index (χ2n) is 4.85. The predicted molar refractivity (Wildman–Crippen MR) is 69.8 cm³/mol. The Labute approximate surface area is 112 Å². The summed E-state index contributed by atoms with van der Waals surface area (Å²) in [6, 6.07) is 4.04. The van der Waals surface area contributed by atoms with Crippen molar-refractivity contribution >= 4 is 21.4 Å². The van der Waals surface area contributed by atoms with Gasteiger partial charge in [0.15, 0.2) is 9.84 Å². The Bertz CT molecular complexity index is 500. The van der Waals surface area contributed by atoms with E-state index in [2.05, 4.69) is 0 Å². The second kappa shape index (κ2) is 5.55. The van der Waals surface area contributed by atoms with Crippen LogP contribution in [0.2, 0.25) is 5.02 Å². The van der Waals surface area contributed by atoms with Gasteiger partial charge in [-0.3, -0.25) is 0 Å². The maximum atomic E-state index is 13.5. The molecule has 6 heteroatoms. The Morgan fingerprint density at radius 3 is 2.50 bits per heavy atom. The molecule has 18 heavy (non-hydrogen) atoms. The summed E-state index contributed by atoms with van der Waals surface area (Å²) in [6.07, 6.45) is 0.0986. The minimum atomic E-state index is -3.50. The van der Waals surface area contributed by atoms with Crippen molar-refractivity contribution in [2.75, 3.05) is 5.75 Å². The molecule has 3 nitrogen and oxygen atoms in total. The molecule has 1 rings (SSSR count). The van der Waals surface area contributed by atoms with Crippen LogP contribution in [-0.4, -0.2) is 24.9 Å². The quantitative estimate of drug-likeness (QED) is 0.908. The molecular formula is C12H16ClFO3S. The van der Waals surface area contributed by atoms with E-state index in [4.69, 9.17) is 11.6 Å². The Morgan fingerprint density at radius 1 is 1.39 bits per heavy atom. The van der Waals surface area contributed by atoms with E-state index in [9.17, 15) is 17.9 Å². The zero-order valence-corrected chi connectivity index (χ0v) is 11.9. The van der Waals surface area contributed by atoms with Crippen LogP contribution in [0.25, 0.3) is 0 Å². The van der Waals surface area contributed by atoms with Crippen LogP contribution in [0.3, 0.4) is 0 Å². The van der Waals surface area contributed by atoms with E-state index in [-0.39, 0.29) is 22.8 Å². The summed E-state index contributed by atoms with van der Waals surface area (Å²) in [5.41, 5.74) is -1.08. The van der Waals surface area contributed by atoms with E-state index in [1.807, 2.05) is 0 Å². The van der Waals surface area contributed by atoms with Gasteiger partial charge in [-0.15, -0.1) is 0 Å². The first-order valence-electron chi connectivity index (χ1n) is 5.46. The van der Waals surface area contributed by atoms with Crippen LogP contribution in [-0.2, 0) is 15.6 Å². The van der Waals surface area contributed by atoms with Crippen molar-refractivity contribution in [3.8, 4) is 0 Å². The molecule has 0 spiro atoms. The largest absolute Gasteiger partial charge is 0.390 e. The molecule has 102 valence electrons. The summed E-state index contributed by atoms with van der Waals surface area (Å²) in [5.74, 6) is -1.29. The lowest BCUT2D eigenvalue weighted by Gasteiger charge is -2.16. The Hall–Kier alpha value is -0.650. The Kier molecular flexibility index (Phi) is 4.75. The van der Waals surface area contributed by atoms with Gasteiger partial charge in [-0.25, -0.2) is 12.8 Å². The van der Waals surface area contributed by atoms with Crippen LogP contribution in [0.4, 0.5) is 4.39 Å². The van der Waals surface area contributed by atoms with Gasteiger partial charge in [0.25, 0.3) is 0 Å². The molecule has 0 bridgehead atoms. The standard InChI is InChI=1S/C12H16ClFO3S/c1-12(2,15)6-7-18(16,17)8-9-10(13)4-3-5-11(9)14/h3-5,15H,6-8H2,1-2H3.